The monoisotopic (exact) mass is 594 g/mol. The molecular weight excluding hydrogens is 577 g/mol. The van der Waals surface area contributed by atoms with Crippen LogP contribution in [-0.4, -0.2) is 38.1 Å². The summed E-state index contributed by atoms with van der Waals surface area (Å²) in [4.78, 5) is 12.5. The van der Waals surface area contributed by atoms with Crippen molar-refractivity contribution in [3.05, 3.63) is 74.2 Å². The van der Waals surface area contributed by atoms with E-state index in [1.165, 1.54) is 31.2 Å². The van der Waals surface area contributed by atoms with Gasteiger partial charge in [-0.05, 0) is 47.4 Å². The van der Waals surface area contributed by atoms with Crippen LogP contribution in [0, 0.1) is 5.92 Å². The van der Waals surface area contributed by atoms with Crippen LogP contribution in [0.5, 0.6) is 0 Å². The molecule has 1 unspecified atom stereocenters. The summed E-state index contributed by atoms with van der Waals surface area (Å²) >= 11 is 17.8. The Morgan fingerprint density at radius 3 is 2.06 bits per heavy atom. The minimum absolute atomic E-state index is 0.0338. The van der Waals surface area contributed by atoms with Crippen LogP contribution in [-0.2, 0) is 9.84 Å². The average Bonchev–Trinajstić information content (AvgIpc) is 2.63. The number of hydrogen-bond acceptors (Lipinski definition) is 3. The Morgan fingerprint density at radius 2 is 1.56 bits per heavy atom. The lowest BCUT2D eigenvalue weighted by atomic mass is 9.96. The lowest BCUT2D eigenvalue weighted by Gasteiger charge is -2.18. The summed E-state index contributed by atoms with van der Waals surface area (Å²) in [7, 11) is -4.47. The molecule has 0 fully saturated rings. The molecule has 0 aliphatic carbocycles. The van der Waals surface area contributed by atoms with E-state index in [1.807, 2.05) is 0 Å². The van der Waals surface area contributed by atoms with Crippen molar-refractivity contribution in [1.82, 2.24) is 0 Å². The number of ketones is 1. The highest BCUT2D eigenvalue weighted by Crippen LogP contribution is 2.38. The fourth-order valence-electron chi connectivity index (χ4n) is 3.46. The third-order valence-electron chi connectivity index (χ3n) is 4.83. The second-order valence-corrected chi connectivity index (χ2v) is 11.6. The van der Waals surface area contributed by atoms with Crippen molar-refractivity contribution in [2.75, 3.05) is 11.5 Å². The standard InChI is InChI=1S/C23H19Cl3F6O3S/c1-13(11-36(34,35)12-22(27,28)29)6-21(33)18-4-2-14(7-20(18)26)3-5-19(23(30,31)32)15-8-16(24)10-17(25)9-15/h2-5,7-10,13,19H,6,11-12H2,1H3/b5-3+/t13-,19?/m0/s1. The minimum Gasteiger partial charge on any atom is -0.294 e. The van der Waals surface area contributed by atoms with Crippen LogP contribution in [0.25, 0.3) is 6.08 Å². The Bertz CT molecular complexity index is 1220. The van der Waals surface area contributed by atoms with Crippen molar-refractivity contribution in [3.8, 4) is 0 Å². The Balaban J connectivity index is 2.18. The molecule has 0 radical (unpaired) electrons. The smallest absolute Gasteiger partial charge is 0.294 e. The zero-order valence-corrected chi connectivity index (χ0v) is 21.5. The lowest BCUT2D eigenvalue weighted by Crippen LogP contribution is -2.28. The number of sulfone groups is 1. The normalized spacial score (nSPS) is 14.7. The largest absolute Gasteiger partial charge is 0.402 e. The predicted octanol–water partition coefficient (Wildman–Crippen LogP) is 8.19. The number of halogens is 9. The maximum atomic E-state index is 13.6. The van der Waals surface area contributed by atoms with Crippen LogP contribution in [0.2, 0.25) is 15.1 Å². The maximum Gasteiger partial charge on any atom is 0.402 e. The lowest BCUT2D eigenvalue weighted by molar-refractivity contribution is -0.139. The Labute approximate surface area is 219 Å². The second-order valence-electron chi connectivity index (χ2n) is 8.22. The number of allylic oxidation sites excluding steroid dienone is 1. The van der Waals surface area contributed by atoms with Gasteiger partial charge in [-0.25, -0.2) is 8.42 Å². The molecule has 13 heteroatoms. The third kappa shape index (κ3) is 9.61. The molecule has 0 aliphatic heterocycles. The molecule has 0 saturated carbocycles. The first kappa shape index (κ1) is 30.5. The summed E-state index contributed by atoms with van der Waals surface area (Å²) in [5.74, 6) is -6.40. The third-order valence-corrected chi connectivity index (χ3v) is 7.42. The van der Waals surface area contributed by atoms with Gasteiger partial charge in [-0.15, -0.1) is 0 Å². The van der Waals surface area contributed by atoms with Crippen molar-refractivity contribution < 1.29 is 39.6 Å². The molecule has 0 heterocycles. The first-order chi connectivity index (χ1) is 16.4. The average molecular weight is 596 g/mol. The van der Waals surface area contributed by atoms with E-state index in [0.29, 0.717) is 0 Å². The van der Waals surface area contributed by atoms with Gasteiger partial charge in [0.2, 0.25) is 0 Å². The van der Waals surface area contributed by atoms with E-state index in [4.69, 9.17) is 34.8 Å². The van der Waals surface area contributed by atoms with Gasteiger partial charge in [0, 0.05) is 22.0 Å². The Hall–Kier alpha value is -1.75. The molecule has 0 N–H and O–H groups in total. The van der Waals surface area contributed by atoms with Crippen LogP contribution in [0.1, 0.15) is 40.7 Å². The van der Waals surface area contributed by atoms with Gasteiger partial charge >= 0.3 is 12.4 Å². The van der Waals surface area contributed by atoms with Crippen LogP contribution < -0.4 is 0 Å². The van der Waals surface area contributed by atoms with Gasteiger partial charge in [-0.1, -0.05) is 59.9 Å². The number of alkyl halides is 6. The molecule has 0 bridgehead atoms. The van der Waals surface area contributed by atoms with Crippen molar-refractivity contribution in [3.63, 3.8) is 0 Å². The van der Waals surface area contributed by atoms with E-state index in [0.717, 1.165) is 24.3 Å². The molecule has 0 spiro atoms. The molecule has 0 amide bonds. The molecule has 3 nitrogen and oxygen atoms in total. The van der Waals surface area contributed by atoms with E-state index < -0.39 is 57.7 Å². The van der Waals surface area contributed by atoms with E-state index >= 15 is 0 Å². The molecule has 2 aromatic carbocycles. The van der Waals surface area contributed by atoms with Crippen LogP contribution >= 0.6 is 34.8 Å². The highest BCUT2D eigenvalue weighted by molar-refractivity contribution is 7.91. The van der Waals surface area contributed by atoms with Gasteiger partial charge < -0.3 is 0 Å². The molecule has 198 valence electrons. The van der Waals surface area contributed by atoms with Gasteiger partial charge in [-0.3, -0.25) is 4.79 Å². The minimum atomic E-state index is -4.89. The van der Waals surface area contributed by atoms with Gasteiger partial charge in [-0.2, -0.15) is 26.3 Å². The van der Waals surface area contributed by atoms with Gasteiger partial charge in [0.25, 0.3) is 0 Å². The number of Topliss-reactive ketones (excluding diaryl/α,β-unsaturated/α-hetero) is 1. The van der Waals surface area contributed by atoms with Crippen LogP contribution in [0.4, 0.5) is 26.3 Å². The molecule has 2 atom stereocenters. The van der Waals surface area contributed by atoms with E-state index in [-0.39, 0.29) is 31.8 Å². The Morgan fingerprint density at radius 1 is 0.972 bits per heavy atom. The Kier molecular flexibility index (Phi) is 9.95. The van der Waals surface area contributed by atoms with Crippen molar-refractivity contribution in [1.29, 1.82) is 0 Å². The molecule has 2 aromatic rings. The number of benzene rings is 2. The highest BCUT2D eigenvalue weighted by atomic mass is 35.5. The fourth-order valence-corrected chi connectivity index (χ4v) is 5.90. The zero-order chi connectivity index (χ0) is 27.5. The van der Waals surface area contributed by atoms with Crippen molar-refractivity contribution in [2.24, 2.45) is 5.92 Å². The highest BCUT2D eigenvalue weighted by Gasteiger charge is 2.39. The summed E-state index contributed by atoms with van der Waals surface area (Å²) in [6.07, 6.45) is -7.91. The number of rotatable bonds is 9. The van der Waals surface area contributed by atoms with Gasteiger partial charge in [0.1, 0.15) is 5.75 Å². The second kappa shape index (κ2) is 11.8. The summed E-state index contributed by atoms with van der Waals surface area (Å²) in [5.41, 5.74) is 0.0196. The summed E-state index contributed by atoms with van der Waals surface area (Å²) < 4.78 is 101. The molecule has 36 heavy (non-hydrogen) atoms. The summed E-state index contributed by atoms with van der Waals surface area (Å²) in [6.45, 7) is 1.32. The van der Waals surface area contributed by atoms with Gasteiger partial charge in [0.15, 0.2) is 15.6 Å². The van der Waals surface area contributed by atoms with E-state index in [1.54, 1.807) is 0 Å². The van der Waals surface area contributed by atoms with Crippen molar-refractivity contribution >= 4 is 56.5 Å². The number of hydrogen-bond donors (Lipinski definition) is 0. The van der Waals surface area contributed by atoms with Crippen molar-refractivity contribution in [2.45, 2.75) is 31.6 Å². The predicted molar refractivity (Wildman–Crippen MR) is 129 cm³/mol. The molecule has 0 saturated heterocycles. The quantitative estimate of drug-likeness (QED) is 0.217. The molecule has 2 rings (SSSR count). The molecule has 0 aromatic heterocycles. The number of carbonyl (C=O) groups excluding carboxylic acids is 1. The maximum absolute atomic E-state index is 13.6. The van der Waals surface area contributed by atoms with E-state index in [2.05, 4.69) is 0 Å². The first-order valence-electron chi connectivity index (χ1n) is 10.2. The number of carbonyl (C=O) groups is 1. The van der Waals surface area contributed by atoms with Crippen LogP contribution in [0.3, 0.4) is 0 Å². The van der Waals surface area contributed by atoms with Gasteiger partial charge in [0.05, 0.1) is 16.7 Å². The van der Waals surface area contributed by atoms with Crippen LogP contribution in [0.15, 0.2) is 42.5 Å². The zero-order valence-electron chi connectivity index (χ0n) is 18.4. The van der Waals surface area contributed by atoms with E-state index in [9.17, 15) is 39.6 Å². The summed E-state index contributed by atoms with van der Waals surface area (Å²) in [5, 5.41) is -0.0418. The molecular formula is C23H19Cl3F6O3S. The molecule has 0 aliphatic rings. The topological polar surface area (TPSA) is 51.2 Å². The fraction of sp³-hybridized carbons (Fsp3) is 0.348. The SMILES string of the molecule is C[C@@H](CC(=O)c1ccc(/C=C/C(c2cc(Cl)cc(Cl)c2)C(F)(F)F)cc1Cl)CS(=O)(=O)CC(F)(F)F. The summed E-state index contributed by atoms with van der Waals surface area (Å²) in [6, 6.07) is 7.40. The first-order valence-corrected chi connectivity index (χ1v) is 13.1.